The Morgan fingerprint density at radius 2 is 2.10 bits per heavy atom. The molecule has 1 unspecified atom stereocenters. The van der Waals surface area contributed by atoms with Crippen LogP contribution in [0, 0.1) is 5.82 Å². The van der Waals surface area contributed by atoms with Crippen molar-refractivity contribution in [1.29, 1.82) is 0 Å². The number of hydrogen-bond donors (Lipinski definition) is 2. The summed E-state index contributed by atoms with van der Waals surface area (Å²) in [5.74, 6) is -0.322. The zero-order valence-electron chi connectivity index (χ0n) is 16.6. The molecule has 0 bridgehead atoms. The number of ether oxygens (including phenoxy) is 1. The lowest BCUT2D eigenvalue weighted by atomic mass is 10.0. The molecule has 0 spiro atoms. The van der Waals surface area contributed by atoms with E-state index in [1.807, 2.05) is 36.5 Å². The van der Waals surface area contributed by atoms with Crippen LogP contribution in [0.4, 0.5) is 4.39 Å². The van der Waals surface area contributed by atoms with Crippen molar-refractivity contribution in [3.8, 4) is 5.75 Å². The van der Waals surface area contributed by atoms with Gasteiger partial charge in [-0.1, -0.05) is 24.3 Å². The van der Waals surface area contributed by atoms with Gasteiger partial charge in [-0.25, -0.2) is 4.39 Å². The Hall–Kier alpha value is -3.19. The fourth-order valence-corrected chi connectivity index (χ4v) is 3.64. The minimum atomic E-state index is -0.770. The second-order valence-corrected chi connectivity index (χ2v) is 7.47. The van der Waals surface area contributed by atoms with Crippen LogP contribution < -0.4 is 10.1 Å². The fourth-order valence-electron chi connectivity index (χ4n) is 3.64. The van der Waals surface area contributed by atoms with Gasteiger partial charge in [-0.15, -0.1) is 0 Å². The third kappa shape index (κ3) is 5.04. The van der Waals surface area contributed by atoms with Gasteiger partial charge in [0.2, 0.25) is 0 Å². The third-order valence-corrected chi connectivity index (χ3v) is 5.26. The number of fused-ring (bicyclic) bond motifs is 1. The Morgan fingerprint density at radius 1 is 1.27 bits per heavy atom. The maximum atomic E-state index is 13.3. The van der Waals surface area contributed by atoms with Crippen molar-refractivity contribution in [2.24, 2.45) is 4.99 Å². The van der Waals surface area contributed by atoms with Crippen molar-refractivity contribution in [2.75, 3.05) is 19.6 Å². The van der Waals surface area contributed by atoms with Gasteiger partial charge in [0.1, 0.15) is 24.3 Å². The van der Waals surface area contributed by atoms with Crippen LogP contribution in [0.3, 0.4) is 0 Å². The van der Waals surface area contributed by atoms with Crippen molar-refractivity contribution in [3.63, 3.8) is 0 Å². The Kier molecular flexibility index (Phi) is 6.09. The standard InChI is InChI=1S/C23H24FN3O3/c24-19-3-1-2-16(12-19)15-30-20-6-4-17(5-7-20)23-25-13-18-14-27(11-9-22(28)29)10-8-21(18)26-23/h1-7,12-13,23,25H,8-11,14-15H2,(H,28,29). The van der Waals surface area contributed by atoms with Crippen LogP contribution >= 0.6 is 0 Å². The van der Waals surface area contributed by atoms with Crippen LogP contribution in [-0.4, -0.2) is 41.3 Å². The lowest BCUT2D eigenvalue weighted by Crippen LogP contribution is -2.39. The topological polar surface area (TPSA) is 74.2 Å². The molecule has 2 aliphatic rings. The van der Waals surface area contributed by atoms with Gasteiger partial charge in [-0.05, 0) is 35.4 Å². The van der Waals surface area contributed by atoms with Crippen LogP contribution in [0.5, 0.6) is 5.75 Å². The summed E-state index contributed by atoms with van der Waals surface area (Å²) >= 11 is 0. The number of benzene rings is 2. The molecular formula is C23H24FN3O3. The average Bonchev–Trinajstić information content (AvgIpc) is 2.76. The molecule has 0 radical (unpaired) electrons. The number of aliphatic carboxylic acids is 1. The molecule has 0 aromatic heterocycles. The van der Waals surface area contributed by atoms with Crippen molar-refractivity contribution in [3.05, 3.63) is 77.2 Å². The summed E-state index contributed by atoms with van der Waals surface area (Å²) in [6.45, 7) is 2.41. The first-order valence-corrected chi connectivity index (χ1v) is 10.0. The van der Waals surface area contributed by atoms with Gasteiger partial charge in [-0.2, -0.15) is 0 Å². The zero-order chi connectivity index (χ0) is 20.9. The predicted octanol–water partition coefficient (Wildman–Crippen LogP) is 3.51. The molecule has 0 saturated carbocycles. The zero-order valence-corrected chi connectivity index (χ0v) is 16.6. The van der Waals surface area contributed by atoms with Crippen molar-refractivity contribution in [1.82, 2.24) is 10.2 Å². The molecule has 2 heterocycles. The van der Waals surface area contributed by atoms with Crippen molar-refractivity contribution < 1.29 is 19.0 Å². The van der Waals surface area contributed by atoms with Crippen LogP contribution in [0.2, 0.25) is 0 Å². The number of aliphatic imine (C=N–C) groups is 1. The number of nitrogens with zero attached hydrogens (tertiary/aromatic N) is 2. The number of halogens is 1. The highest BCUT2D eigenvalue weighted by atomic mass is 19.1. The minimum absolute atomic E-state index is 0.147. The maximum absolute atomic E-state index is 13.3. The van der Waals surface area contributed by atoms with Gasteiger partial charge in [0.15, 0.2) is 0 Å². The minimum Gasteiger partial charge on any atom is -0.489 e. The predicted molar refractivity (Wildman–Crippen MR) is 112 cm³/mol. The van der Waals surface area contributed by atoms with Gasteiger partial charge in [0, 0.05) is 43.5 Å². The van der Waals surface area contributed by atoms with E-state index in [1.165, 1.54) is 12.1 Å². The first-order chi connectivity index (χ1) is 14.6. The summed E-state index contributed by atoms with van der Waals surface area (Å²) in [5, 5.41) is 12.2. The van der Waals surface area contributed by atoms with Gasteiger partial charge in [-0.3, -0.25) is 14.7 Å². The van der Waals surface area contributed by atoms with E-state index in [0.29, 0.717) is 13.2 Å². The number of carboxylic acids is 1. The number of piperidine rings is 1. The fraction of sp³-hybridized carbons (Fsp3) is 0.304. The molecule has 0 amide bonds. The smallest absolute Gasteiger partial charge is 0.304 e. The molecule has 7 heteroatoms. The molecular weight excluding hydrogens is 385 g/mol. The van der Waals surface area contributed by atoms with E-state index in [-0.39, 0.29) is 18.4 Å². The molecule has 2 N–H and O–H groups in total. The summed E-state index contributed by atoms with van der Waals surface area (Å²) < 4.78 is 19.0. The Bertz CT molecular complexity index is 972. The number of nitrogens with one attached hydrogen (secondary N) is 1. The average molecular weight is 409 g/mol. The van der Waals surface area contributed by atoms with E-state index in [2.05, 4.69) is 10.2 Å². The number of rotatable bonds is 7. The molecule has 2 aliphatic heterocycles. The second-order valence-electron chi connectivity index (χ2n) is 7.47. The lowest BCUT2D eigenvalue weighted by Gasteiger charge is -2.32. The van der Waals surface area contributed by atoms with Crippen molar-refractivity contribution >= 4 is 11.7 Å². The molecule has 1 saturated heterocycles. The Balaban J connectivity index is 1.33. The van der Waals surface area contributed by atoms with E-state index in [9.17, 15) is 9.18 Å². The maximum Gasteiger partial charge on any atom is 0.304 e. The second kappa shape index (κ2) is 9.09. The molecule has 0 aliphatic carbocycles. The molecule has 30 heavy (non-hydrogen) atoms. The molecule has 2 aromatic carbocycles. The quantitative estimate of drug-likeness (QED) is 0.732. The lowest BCUT2D eigenvalue weighted by molar-refractivity contribution is -0.137. The third-order valence-electron chi connectivity index (χ3n) is 5.26. The number of carbonyl (C=O) groups is 1. The highest BCUT2D eigenvalue weighted by molar-refractivity contribution is 6.01. The summed E-state index contributed by atoms with van der Waals surface area (Å²) in [7, 11) is 0. The van der Waals surface area contributed by atoms with Gasteiger partial charge < -0.3 is 15.2 Å². The molecule has 1 atom stereocenters. The SMILES string of the molecule is O=C(O)CCN1CCC2=NC(c3ccc(OCc4cccc(F)c4)cc3)NC=C2C1. The highest BCUT2D eigenvalue weighted by Crippen LogP contribution is 2.25. The first-order valence-electron chi connectivity index (χ1n) is 10.0. The molecule has 4 rings (SSSR count). The molecule has 156 valence electrons. The largest absolute Gasteiger partial charge is 0.489 e. The van der Waals surface area contributed by atoms with E-state index < -0.39 is 5.97 Å². The number of carboxylic acid groups (broad SMARTS) is 1. The van der Waals surface area contributed by atoms with Gasteiger partial charge >= 0.3 is 5.97 Å². The van der Waals surface area contributed by atoms with Crippen LogP contribution in [0.25, 0.3) is 0 Å². The highest BCUT2D eigenvalue weighted by Gasteiger charge is 2.24. The Labute approximate surface area is 174 Å². The number of hydrogen-bond acceptors (Lipinski definition) is 5. The van der Waals surface area contributed by atoms with E-state index in [4.69, 9.17) is 14.8 Å². The molecule has 6 nitrogen and oxygen atoms in total. The van der Waals surface area contributed by atoms with E-state index in [0.717, 1.165) is 47.7 Å². The van der Waals surface area contributed by atoms with E-state index >= 15 is 0 Å². The summed E-state index contributed by atoms with van der Waals surface area (Å²) in [4.78, 5) is 17.8. The number of likely N-dealkylation sites (tertiary alicyclic amines) is 1. The Morgan fingerprint density at radius 3 is 2.87 bits per heavy atom. The summed E-state index contributed by atoms with van der Waals surface area (Å²) in [6.07, 6.45) is 2.82. The van der Waals surface area contributed by atoms with Gasteiger partial charge in [0.25, 0.3) is 0 Å². The summed E-state index contributed by atoms with van der Waals surface area (Å²) in [5.41, 5.74) is 4.02. The van der Waals surface area contributed by atoms with Crippen LogP contribution in [-0.2, 0) is 11.4 Å². The van der Waals surface area contributed by atoms with Crippen LogP contribution in [0.1, 0.15) is 30.1 Å². The molecule has 2 aromatic rings. The van der Waals surface area contributed by atoms with Crippen LogP contribution in [0.15, 0.2) is 65.3 Å². The first kappa shape index (κ1) is 20.1. The molecule has 1 fully saturated rings. The summed E-state index contributed by atoms with van der Waals surface area (Å²) in [6, 6.07) is 14.1. The van der Waals surface area contributed by atoms with E-state index in [1.54, 1.807) is 6.07 Å². The normalized spacial score (nSPS) is 18.6. The monoisotopic (exact) mass is 409 g/mol. The van der Waals surface area contributed by atoms with Gasteiger partial charge in [0.05, 0.1) is 6.42 Å². The van der Waals surface area contributed by atoms with Crippen molar-refractivity contribution in [2.45, 2.75) is 25.6 Å².